The van der Waals surface area contributed by atoms with Gasteiger partial charge >= 0.3 is 0 Å². The first-order valence-electron chi connectivity index (χ1n) is 9.76. The summed E-state index contributed by atoms with van der Waals surface area (Å²) in [6.45, 7) is 2.12. The molecule has 0 spiro atoms. The zero-order valence-corrected chi connectivity index (χ0v) is 18.3. The van der Waals surface area contributed by atoms with Gasteiger partial charge in [0.1, 0.15) is 5.75 Å². The Hall–Kier alpha value is -3.17. The lowest BCUT2D eigenvalue weighted by Crippen LogP contribution is -2.18. The van der Waals surface area contributed by atoms with E-state index in [2.05, 4.69) is 25.7 Å². The smallest absolute Gasteiger partial charge is 0.251 e. The number of carbonyl (C=O) groups excluding carboxylic acids is 1. The summed E-state index contributed by atoms with van der Waals surface area (Å²) in [5.41, 5.74) is 2.96. The number of anilines is 2. The second-order valence-corrected chi connectivity index (χ2v) is 7.45. The van der Waals surface area contributed by atoms with Crippen LogP contribution in [0.25, 0.3) is 0 Å². The lowest BCUT2D eigenvalue weighted by Gasteiger charge is -2.12. The van der Waals surface area contributed by atoms with Gasteiger partial charge in [-0.2, -0.15) is 5.10 Å². The van der Waals surface area contributed by atoms with Gasteiger partial charge < -0.3 is 20.5 Å². The van der Waals surface area contributed by atoms with Gasteiger partial charge in [-0.15, -0.1) is 0 Å². The Bertz CT molecular complexity index is 1040. The third-order valence-electron chi connectivity index (χ3n) is 4.55. The number of aryl methyl sites for hydroxylation is 2. The van der Waals surface area contributed by atoms with Gasteiger partial charge in [0.05, 0.1) is 36.7 Å². The quantitative estimate of drug-likeness (QED) is 0.464. The van der Waals surface area contributed by atoms with E-state index in [1.165, 1.54) is 7.11 Å². The predicted molar refractivity (Wildman–Crippen MR) is 118 cm³/mol. The summed E-state index contributed by atoms with van der Waals surface area (Å²) in [5.74, 6) is 0.707. The summed E-state index contributed by atoms with van der Waals surface area (Å²) in [7, 11) is 3.10. The number of nitrogens with zero attached hydrogens (tertiary/aromatic N) is 4. The highest BCUT2D eigenvalue weighted by Gasteiger charge is 2.14. The highest BCUT2D eigenvalue weighted by molar-refractivity contribution is 6.33. The first kappa shape index (κ1) is 22.5. The summed E-state index contributed by atoms with van der Waals surface area (Å²) < 4.78 is 6.95. The number of aromatic nitrogens is 4. The molecule has 31 heavy (non-hydrogen) atoms. The van der Waals surface area contributed by atoms with Gasteiger partial charge in [-0.25, -0.2) is 9.97 Å². The van der Waals surface area contributed by atoms with Crippen molar-refractivity contribution in [2.45, 2.75) is 32.4 Å². The first-order chi connectivity index (χ1) is 14.9. The Balaban J connectivity index is 1.65. The van der Waals surface area contributed by atoms with Crippen LogP contribution >= 0.6 is 11.6 Å². The van der Waals surface area contributed by atoms with E-state index in [9.17, 15) is 9.90 Å². The Labute approximate surface area is 185 Å². The second kappa shape index (κ2) is 10.2. The number of carbonyl (C=O) groups is 1. The standard InChI is InChI=1S/C21H25ClN6O3/c1-13(29)11-28-12-17(10-26-28)27-21-24-8-14(9-25-21)4-5-15-6-16(20(30)23-2)7-18(31-3)19(15)22/h6-10,12-13,29H,4-5,11H2,1-3H3,(H,23,30)(H,24,25,27)/t13-/m1/s1. The lowest BCUT2D eigenvalue weighted by molar-refractivity contribution is 0.0962. The molecule has 164 valence electrons. The fourth-order valence-corrected chi connectivity index (χ4v) is 3.30. The third kappa shape index (κ3) is 5.93. The number of hydrogen-bond donors (Lipinski definition) is 3. The van der Waals surface area contributed by atoms with Crippen molar-refractivity contribution >= 4 is 29.1 Å². The number of hydrogen-bond acceptors (Lipinski definition) is 7. The maximum Gasteiger partial charge on any atom is 0.251 e. The molecular weight excluding hydrogens is 420 g/mol. The molecule has 0 unspecified atom stereocenters. The van der Waals surface area contributed by atoms with Gasteiger partial charge in [0.15, 0.2) is 0 Å². The van der Waals surface area contributed by atoms with Crippen molar-refractivity contribution in [2.75, 3.05) is 19.5 Å². The average molecular weight is 445 g/mol. The molecule has 0 aliphatic heterocycles. The van der Waals surface area contributed by atoms with E-state index < -0.39 is 6.10 Å². The molecule has 0 saturated heterocycles. The van der Waals surface area contributed by atoms with Crippen LogP contribution in [0.2, 0.25) is 5.02 Å². The van der Waals surface area contributed by atoms with Crippen LogP contribution in [-0.4, -0.2) is 51.0 Å². The molecule has 2 aromatic heterocycles. The summed E-state index contributed by atoms with van der Waals surface area (Å²) in [5, 5.41) is 19.8. The molecule has 0 radical (unpaired) electrons. The molecule has 0 fully saturated rings. The third-order valence-corrected chi connectivity index (χ3v) is 4.98. The number of ether oxygens (including phenoxy) is 1. The Morgan fingerprint density at radius 3 is 2.65 bits per heavy atom. The van der Waals surface area contributed by atoms with Crippen LogP contribution in [-0.2, 0) is 19.4 Å². The normalized spacial score (nSPS) is 11.8. The molecule has 9 nitrogen and oxygen atoms in total. The average Bonchev–Trinajstić information content (AvgIpc) is 3.19. The number of aliphatic hydroxyl groups excluding tert-OH is 1. The van der Waals surface area contributed by atoms with Gasteiger partial charge in [-0.1, -0.05) is 11.6 Å². The van der Waals surface area contributed by atoms with E-state index >= 15 is 0 Å². The number of methoxy groups -OCH3 is 1. The first-order valence-corrected chi connectivity index (χ1v) is 10.1. The predicted octanol–water partition coefficient (Wildman–Crippen LogP) is 2.60. The summed E-state index contributed by atoms with van der Waals surface area (Å²) in [6, 6.07) is 3.39. The molecule has 0 saturated carbocycles. The number of benzene rings is 1. The van der Waals surface area contributed by atoms with Crippen LogP contribution in [0.4, 0.5) is 11.6 Å². The van der Waals surface area contributed by atoms with E-state index in [0.29, 0.717) is 41.7 Å². The van der Waals surface area contributed by atoms with E-state index in [4.69, 9.17) is 16.3 Å². The minimum Gasteiger partial charge on any atom is -0.495 e. The van der Waals surface area contributed by atoms with Crippen molar-refractivity contribution in [1.82, 2.24) is 25.1 Å². The minimum absolute atomic E-state index is 0.202. The molecule has 0 aliphatic carbocycles. The molecule has 0 aliphatic rings. The molecule has 0 bridgehead atoms. The zero-order chi connectivity index (χ0) is 22.4. The maximum atomic E-state index is 12.0. The molecule has 10 heteroatoms. The van der Waals surface area contributed by atoms with Crippen LogP contribution in [0.3, 0.4) is 0 Å². The SMILES string of the molecule is CNC(=O)c1cc(CCc2cnc(Nc3cnn(C[C@@H](C)O)c3)nc2)c(Cl)c(OC)c1. The van der Waals surface area contributed by atoms with E-state index in [-0.39, 0.29) is 5.91 Å². The molecule has 1 amide bonds. The summed E-state index contributed by atoms with van der Waals surface area (Å²) >= 11 is 6.42. The molecule has 2 heterocycles. The molecule has 3 aromatic rings. The van der Waals surface area contributed by atoms with Crippen molar-refractivity contribution in [1.29, 1.82) is 0 Å². The molecule has 3 rings (SSSR count). The van der Waals surface area contributed by atoms with Gasteiger partial charge in [-0.05, 0) is 43.0 Å². The van der Waals surface area contributed by atoms with Crippen molar-refractivity contribution in [3.63, 3.8) is 0 Å². The largest absolute Gasteiger partial charge is 0.495 e. The zero-order valence-electron chi connectivity index (χ0n) is 17.6. The second-order valence-electron chi connectivity index (χ2n) is 7.07. The highest BCUT2D eigenvalue weighted by atomic mass is 35.5. The summed E-state index contributed by atoms with van der Waals surface area (Å²) in [6.07, 6.45) is 7.67. The lowest BCUT2D eigenvalue weighted by atomic mass is 10.0. The fourth-order valence-electron chi connectivity index (χ4n) is 3.02. The van der Waals surface area contributed by atoms with Crippen LogP contribution in [0.5, 0.6) is 5.75 Å². The van der Waals surface area contributed by atoms with Crippen LogP contribution in [0.15, 0.2) is 36.9 Å². The molecule has 1 aromatic carbocycles. The number of rotatable bonds is 9. The van der Waals surface area contributed by atoms with E-state index in [0.717, 1.165) is 16.8 Å². The Morgan fingerprint density at radius 2 is 2.00 bits per heavy atom. The van der Waals surface area contributed by atoms with Gasteiger partial charge in [0.25, 0.3) is 5.91 Å². The van der Waals surface area contributed by atoms with Gasteiger partial charge in [0, 0.05) is 31.2 Å². The number of halogens is 1. The summed E-state index contributed by atoms with van der Waals surface area (Å²) in [4.78, 5) is 20.7. The minimum atomic E-state index is -0.478. The van der Waals surface area contributed by atoms with Gasteiger partial charge in [-0.3, -0.25) is 9.48 Å². The number of amides is 1. The monoisotopic (exact) mass is 444 g/mol. The van der Waals surface area contributed by atoms with E-state index in [1.54, 1.807) is 55.6 Å². The fraction of sp³-hybridized carbons (Fsp3) is 0.333. The van der Waals surface area contributed by atoms with E-state index in [1.807, 2.05) is 0 Å². The molecule has 1 atom stereocenters. The highest BCUT2D eigenvalue weighted by Crippen LogP contribution is 2.31. The van der Waals surface area contributed by atoms with Crippen LogP contribution in [0.1, 0.15) is 28.4 Å². The van der Waals surface area contributed by atoms with Crippen LogP contribution < -0.4 is 15.4 Å². The molecular formula is C21H25ClN6O3. The topological polar surface area (TPSA) is 114 Å². The number of aliphatic hydroxyl groups is 1. The van der Waals surface area contributed by atoms with Crippen LogP contribution in [0, 0.1) is 0 Å². The van der Waals surface area contributed by atoms with Crippen molar-refractivity contribution in [3.05, 3.63) is 58.6 Å². The van der Waals surface area contributed by atoms with Crippen molar-refractivity contribution in [2.24, 2.45) is 0 Å². The molecule has 3 N–H and O–H groups in total. The Kier molecular flexibility index (Phi) is 7.43. The number of nitrogens with one attached hydrogen (secondary N) is 2. The maximum absolute atomic E-state index is 12.0. The Morgan fingerprint density at radius 1 is 1.26 bits per heavy atom. The van der Waals surface area contributed by atoms with Crippen molar-refractivity contribution in [3.8, 4) is 5.75 Å². The van der Waals surface area contributed by atoms with Crippen molar-refractivity contribution < 1.29 is 14.6 Å². The van der Waals surface area contributed by atoms with Gasteiger partial charge in [0.2, 0.25) is 5.95 Å².